The molecular weight excluding hydrogens is 225 g/mol. The monoisotopic (exact) mass is 235 g/mol. The summed E-state index contributed by atoms with van der Waals surface area (Å²) in [5.41, 5.74) is 0.0826. The average molecular weight is 235 g/mol. The van der Waals surface area contributed by atoms with Gasteiger partial charge in [0.25, 0.3) is 0 Å². The molecule has 88 valence electrons. The third-order valence-corrected chi connectivity index (χ3v) is 2.19. The van der Waals surface area contributed by atoms with Gasteiger partial charge in [-0.1, -0.05) is 0 Å². The SMILES string of the molecule is Cn1ccnc1COC(=O)c1cncc(F)c1. The summed E-state index contributed by atoms with van der Waals surface area (Å²) in [4.78, 5) is 19.1. The average Bonchev–Trinajstić information content (AvgIpc) is 2.72. The quantitative estimate of drug-likeness (QED) is 0.753. The summed E-state index contributed by atoms with van der Waals surface area (Å²) in [6.45, 7) is 0.0405. The minimum atomic E-state index is -0.625. The zero-order chi connectivity index (χ0) is 12.3. The second-order valence-electron chi connectivity index (χ2n) is 3.42. The van der Waals surface area contributed by atoms with E-state index in [1.807, 2.05) is 0 Å². The van der Waals surface area contributed by atoms with E-state index in [1.54, 1.807) is 24.0 Å². The Morgan fingerprint density at radius 1 is 1.53 bits per heavy atom. The number of pyridine rings is 1. The maximum Gasteiger partial charge on any atom is 0.340 e. The van der Waals surface area contributed by atoms with Crippen molar-refractivity contribution in [3.05, 3.63) is 48.1 Å². The number of imidazole rings is 1. The van der Waals surface area contributed by atoms with E-state index in [-0.39, 0.29) is 12.2 Å². The third kappa shape index (κ3) is 2.66. The van der Waals surface area contributed by atoms with Crippen LogP contribution in [0.1, 0.15) is 16.2 Å². The van der Waals surface area contributed by atoms with Crippen molar-refractivity contribution >= 4 is 5.97 Å². The molecule has 0 atom stereocenters. The van der Waals surface area contributed by atoms with E-state index in [9.17, 15) is 9.18 Å². The van der Waals surface area contributed by atoms with Gasteiger partial charge in [-0.15, -0.1) is 0 Å². The van der Waals surface area contributed by atoms with E-state index < -0.39 is 11.8 Å². The van der Waals surface area contributed by atoms with Gasteiger partial charge in [0.15, 0.2) is 0 Å². The molecule has 0 aliphatic rings. The van der Waals surface area contributed by atoms with Crippen LogP contribution in [0, 0.1) is 5.82 Å². The fourth-order valence-corrected chi connectivity index (χ4v) is 1.27. The number of carbonyl (C=O) groups excluding carboxylic acids is 1. The Labute approximate surface area is 96.9 Å². The lowest BCUT2D eigenvalue weighted by molar-refractivity contribution is 0.0458. The lowest BCUT2D eigenvalue weighted by atomic mass is 10.3. The van der Waals surface area contributed by atoms with Crippen LogP contribution in [0.5, 0.6) is 0 Å². The van der Waals surface area contributed by atoms with Gasteiger partial charge in [-0.2, -0.15) is 0 Å². The van der Waals surface area contributed by atoms with Crippen LogP contribution in [0.15, 0.2) is 30.9 Å². The smallest absolute Gasteiger partial charge is 0.340 e. The Bertz CT molecular complexity index is 539. The molecule has 0 unspecified atom stereocenters. The normalized spacial score (nSPS) is 10.2. The van der Waals surface area contributed by atoms with Crippen LogP contribution >= 0.6 is 0 Å². The summed E-state index contributed by atoms with van der Waals surface area (Å²) < 4.78 is 19.5. The van der Waals surface area contributed by atoms with Gasteiger partial charge in [-0.25, -0.2) is 14.2 Å². The highest BCUT2D eigenvalue weighted by Crippen LogP contribution is 2.05. The number of halogens is 1. The first-order valence-corrected chi connectivity index (χ1v) is 4.90. The Morgan fingerprint density at radius 3 is 3.00 bits per heavy atom. The Hall–Kier alpha value is -2.24. The standard InChI is InChI=1S/C11H10FN3O2/c1-15-3-2-14-10(15)7-17-11(16)8-4-9(12)6-13-5-8/h2-6H,7H2,1H3. The van der Waals surface area contributed by atoms with E-state index >= 15 is 0 Å². The second kappa shape index (κ2) is 4.73. The molecule has 6 heteroatoms. The zero-order valence-electron chi connectivity index (χ0n) is 9.13. The van der Waals surface area contributed by atoms with E-state index in [1.165, 1.54) is 6.20 Å². The van der Waals surface area contributed by atoms with Crippen LogP contribution in [-0.4, -0.2) is 20.5 Å². The molecule has 5 nitrogen and oxygen atoms in total. The maximum absolute atomic E-state index is 12.8. The maximum atomic E-state index is 12.8. The molecule has 0 saturated carbocycles. The topological polar surface area (TPSA) is 57.0 Å². The molecule has 2 rings (SSSR count). The molecule has 0 fully saturated rings. The van der Waals surface area contributed by atoms with Crippen LogP contribution in [0.3, 0.4) is 0 Å². The van der Waals surface area contributed by atoms with Crippen molar-refractivity contribution in [3.63, 3.8) is 0 Å². The summed E-state index contributed by atoms with van der Waals surface area (Å²) in [5.74, 6) is -0.584. The highest BCUT2D eigenvalue weighted by molar-refractivity contribution is 5.88. The number of carbonyl (C=O) groups is 1. The molecule has 0 aliphatic carbocycles. The van der Waals surface area contributed by atoms with Gasteiger partial charge in [0.1, 0.15) is 18.2 Å². The first kappa shape index (κ1) is 11.3. The first-order chi connectivity index (χ1) is 8.16. The van der Waals surface area contributed by atoms with Crippen LogP contribution in [0.25, 0.3) is 0 Å². The number of hydrogen-bond donors (Lipinski definition) is 0. The van der Waals surface area contributed by atoms with Gasteiger partial charge in [-0.3, -0.25) is 4.98 Å². The van der Waals surface area contributed by atoms with Crippen molar-refractivity contribution in [2.75, 3.05) is 0 Å². The fraction of sp³-hybridized carbons (Fsp3) is 0.182. The number of hydrogen-bond acceptors (Lipinski definition) is 4. The lowest BCUT2D eigenvalue weighted by Crippen LogP contribution is -2.08. The summed E-state index contributed by atoms with van der Waals surface area (Å²) in [6.07, 6.45) is 5.62. The van der Waals surface area contributed by atoms with Gasteiger partial charge in [-0.05, 0) is 6.07 Å². The number of rotatable bonds is 3. The summed E-state index contributed by atoms with van der Waals surface area (Å²) >= 11 is 0. The summed E-state index contributed by atoms with van der Waals surface area (Å²) in [7, 11) is 1.79. The summed E-state index contributed by atoms with van der Waals surface area (Å²) in [5, 5.41) is 0. The largest absolute Gasteiger partial charge is 0.454 e. The molecular formula is C11H10FN3O2. The number of nitrogens with zero attached hydrogens (tertiary/aromatic N) is 3. The summed E-state index contributed by atoms with van der Waals surface area (Å²) in [6, 6.07) is 1.08. The minimum Gasteiger partial charge on any atom is -0.454 e. The molecule has 0 spiro atoms. The van der Waals surface area contributed by atoms with Crippen molar-refractivity contribution < 1.29 is 13.9 Å². The van der Waals surface area contributed by atoms with Crippen LogP contribution < -0.4 is 0 Å². The Balaban J connectivity index is 2.01. The predicted octanol–water partition coefficient (Wildman–Crippen LogP) is 1.31. The molecule has 2 aromatic rings. The van der Waals surface area contributed by atoms with E-state index in [2.05, 4.69) is 9.97 Å². The van der Waals surface area contributed by atoms with Gasteiger partial charge in [0, 0.05) is 25.6 Å². The molecule has 0 saturated heterocycles. The fourth-order valence-electron chi connectivity index (χ4n) is 1.27. The number of esters is 1. The zero-order valence-corrected chi connectivity index (χ0v) is 9.13. The highest BCUT2D eigenvalue weighted by Gasteiger charge is 2.10. The Kier molecular flexibility index (Phi) is 3.13. The lowest BCUT2D eigenvalue weighted by Gasteiger charge is -2.04. The van der Waals surface area contributed by atoms with Crippen molar-refractivity contribution in [2.24, 2.45) is 7.05 Å². The van der Waals surface area contributed by atoms with Gasteiger partial charge < -0.3 is 9.30 Å². The van der Waals surface area contributed by atoms with Gasteiger partial charge in [0.05, 0.1) is 11.8 Å². The van der Waals surface area contributed by atoms with Gasteiger partial charge >= 0.3 is 5.97 Å². The Morgan fingerprint density at radius 2 is 2.35 bits per heavy atom. The molecule has 17 heavy (non-hydrogen) atoms. The third-order valence-electron chi connectivity index (χ3n) is 2.19. The second-order valence-corrected chi connectivity index (χ2v) is 3.42. The van der Waals surface area contributed by atoms with Crippen LogP contribution in [0.2, 0.25) is 0 Å². The van der Waals surface area contributed by atoms with E-state index in [0.29, 0.717) is 5.82 Å². The van der Waals surface area contributed by atoms with Crippen molar-refractivity contribution in [1.82, 2.24) is 14.5 Å². The highest BCUT2D eigenvalue weighted by atomic mass is 19.1. The molecule has 0 amide bonds. The predicted molar refractivity (Wildman–Crippen MR) is 56.5 cm³/mol. The van der Waals surface area contributed by atoms with Crippen LogP contribution in [0.4, 0.5) is 4.39 Å². The van der Waals surface area contributed by atoms with E-state index in [4.69, 9.17) is 4.74 Å². The van der Waals surface area contributed by atoms with Crippen molar-refractivity contribution in [3.8, 4) is 0 Å². The number of aryl methyl sites for hydroxylation is 1. The van der Waals surface area contributed by atoms with Crippen LogP contribution in [-0.2, 0) is 18.4 Å². The van der Waals surface area contributed by atoms with E-state index in [0.717, 1.165) is 12.3 Å². The molecule has 0 aliphatic heterocycles. The van der Waals surface area contributed by atoms with Crippen molar-refractivity contribution in [2.45, 2.75) is 6.61 Å². The molecule has 0 N–H and O–H groups in total. The minimum absolute atomic E-state index is 0.0405. The molecule has 0 aromatic carbocycles. The molecule has 2 heterocycles. The van der Waals surface area contributed by atoms with Gasteiger partial charge in [0.2, 0.25) is 0 Å². The molecule has 0 bridgehead atoms. The first-order valence-electron chi connectivity index (χ1n) is 4.90. The van der Waals surface area contributed by atoms with Crippen molar-refractivity contribution in [1.29, 1.82) is 0 Å². The number of ether oxygens (including phenoxy) is 1. The molecule has 0 radical (unpaired) electrons. The number of aromatic nitrogens is 3. The molecule has 2 aromatic heterocycles.